The van der Waals surface area contributed by atoms with Crippen LogP contribution < -0.4 is 0 Å². The number of benzene rings is 2. The number of carbonyl (C=O) groups excluding carboxylic acids is 1. The monoisotopic (exact) mass is 448 g/mol. The van der Waals surface area contributed by atoms with E-state index in [-0.39, 0.29) is 5.91 Å². The van der Waals surface area contributed by atoms with Crippen LogP contribution in [0, 0.1) is 0 Å². The zero-order valence-corrected chi connectivity index (χ0v) is 19.2. The molecule has 1 amide bonds. The van der Waals surface area contributed by atoms with E-state index in [4.69, 9.17) is 0 Å². The Morgan fingerprint density at radius 2 is 1.78 bits per heavy atom. The molecule has 0 radical (unpaired) electrons. The van der Waals surface area contributed by atoms with E-state index < -0.39 is 6.10 Å². The second-order valence-corrected chi connectivity index (χ2v) is 8.92. The summed E-state index contributed by atoms with van der Waals surface area (Å²) in [6.45, 7) is 1.59. The number of aromatic nitrogens is 2. The van der Waals surface area contributed by atoms with Crippen molar-refractivity contribution in [3.05, 3.63) is 94.8 Å². The van der Waals surface area contributed by atoms with E-state index in [1.54, 1.807) is 4.90 Å². The summed E-state index contributed by atoms with van der Waals surface area (Å²) in [4.78, 5) is 22.5. The summed E-state index contributed by atoms with van der Waals surface area (Å²) < 4.78 is 1.98. The van der Waals surface area contributed by atoms with Crippen LogP contribution in [-0.2, 0) is 13.0 Å². The predicted octanol–water partition coefficient (Wildman–Crippen LogP) is 3.88. The smallest absolute Gasteiger partial charge is 0.274 e. The Balaban J connectivity index is 1.48. The third-order valence-corrected chi connectivity index (χ3v) is 6.33. The first kappa shape index (κ1) is 22.2. The fourth-order valence-corrected chi connectivity index (χ4v) is 4.51. The number of hydrogen-bond donors (Lipinski definition) is 1. The van der Waals surface area contributed by atoms with Crippen molar-refractivity contribution >= 4 is 22.2 Å². The second-order valence-electron chi connectivity index (χ2n) is 8.05. The maximum atomic E-state index is 13.3. The lowest BCUT2D eigenvalue weighted by Crippen LogP contribution is -2.31. The Hall–Kier alpha value is -3.00. The molecule has 4 rings (SSSR count). The molecule has 1 atom stereocenters. The summed E-state index contributed by atoms with van der Waals surface area (Å²) in [5, 5.41) is 12.6. The number of thiazole rings is 1. The van der Waals surface area contributed by atoms with Crippen LogP contribution in [0.3, 0.4) is 0 Å². The third kappa shape index (κ3) is 5.07. The number of carbonyl (C=O) groups is 1. The molecule has 0 aliphatic rings. The van der Waals surface area contributed by atoms with Gasteiger partial charge in [0, 0.05) is 38.3 Å². The Bertz CT molecular complexity index is 1160. The van der Waals surface area contributed by atoms with E-state index in [1.807, 2.05) is 83.5 Å². The van der Waals surface area contributed by atoms with Crippen LogP contribution in [0.4, 0.5) is 0 Å². The Morgan fingerprint density at radius 3 is 2.50 bits per heavy atom. The largest absolute Gasteiger partial charge is 0.387 e. The van der Waals surface area contributed by atoms with Crippen molar-refractivity contribution in [1.82, 2.24) is 19.2 Å². The van der Waals surface area contributed by atoms with Crippen LogP contribution in [0.1, 0.15) is 33.4 Å². The van der Waals surface area contributed by atoms with Crippen molar-refractivity contribution in [2.24, 2.45) is 0 Å². The fraction of sp³-hybridized carbons (Fsp3) is 0.280. The summed E-state index contributed by atoms with van der Waals surface area (Å²) in [7, 11) is 3.77. The van der Waals surface area contributed by atoms with Crippen LogP contribution in [-0.4, -0.2) is 57.4 Å². The maximum Gasteiger partial charge on any atom is 0.274 e. The lowest BCUT2D eigenvalue weighted by atomic mass is 10.1. The minimum absolute atomic E-state index is 0.0798. The number of aliphatic hydroxyl groups is 1. The lowest BCUT2D eigenvalue weighted by molar-refractivity contribution is 0.0788. The van der Waals surface area contributed by atoms with Crippen LogP contribution in [0.2, 0.25) is 0 Å². The molecule has 6 nitrogen and oxygen atoms in total. The molecule has 0 saturated heterocycles. The highest BCUT2D eigenvalue weighted by Crippen LogP contribution is 2.21. The zero-order chi connectivity index (χ0) is 22.5. The highest BCUT2D eigenvalue weighted by molar-refractivity contribution is 7.15. The Kier molecular flexibility index (Phi) is 6.99. The van der Waals surface area contributed by atoms with Crippen LogP contribution in [0.25, 0.3) is 4.96 Å². The first-order valence-corrected chi connectivity index (χ1v) is 11.6. The zero-order valence-electron chi connectivity index (χ0n) is 18.4. The quantitative estimate of drug-likeness (QED) is 0.422. The van der Waals surface area contributed by atoms with Gasteiger partial charge in [0.2, 0.25) is 0 Å². The molecule has 166 valence electrons. The molecular formula is C25H28N4O2S. The van der Waals surface area contributed by atoms with E-state index in [0.29, 0.717) is 25.3 Å². The van der Waals surface area contributed by atoms with Gasteiger partial charge in [-0.3, -0.25) is 14.1 Å². The SMILES string of the molecule is CN(Cc1c(C(=O)N(C)CCc2ccccc2)nc2sccn12)CC(O)c1ccccc1. The number of fused-ring (bicyclic) bond motifs is 1. The number of amides is 1. The van der Waals surface area contributed by atoms with E-state index >= 15 is 0 Å². The van der Waals surface area contributed by atoms with Crippen molar-refractivity contribution in [2.75, 3.05) is 27.2 Å². The minimum Gasteiger partial charge on any atom is -0.387 e. The van der Waals surface area contributed by atoms with Gasteiger partial charge in [-0.05, 0) is 24.6 Å². The molecule has 0 bridgehead atoms. The van der Waals surface area contributed by atoms with Crippen molar-refractivity contribution in [3.8, 4) is 0 Å². The normalized spacial score (nSPS) is 12.4. The summed E-state index contributed by atoms with van der Waals surface area (Å²) in [6.07, 6.45) is 2.15. The van der Waals surface area contributed by atoms with Gasteiger partial charge in [-0.1, -0.05) is 60.7 Å². The molecule has 7 heteroatoms. The summed E-state index contributed by atoms with van der Waals surface area (Å²) in [5.41, 5.74) is 3.41. The van der Waals surface area contributed by atoms with E-state index in [1.165, 1.54) is 16.9 Å². The third-order valence-electron chi connectivity index (χ3n) is 5.58. The molecule has 1 N–H and O–H groups in total. The number of aliphatic hydroxyl groups excluding tert-OH is 1. The molecule has 0 aliphatic heterocycles. The molecule has 4 aromatic rings. The number of nitrogens with zero attached hydrogens (tertiary/aromatic N) is 4. The van der Waals surface area contributed by atoms with Gasteiger partial charge in [-0.2, -0.15) is 0 Å². The summed E-state index contributed by atoms with van der Waals surface area (Å²) >= 11 is 1.51. The van der Waals surface area contributed by atoms with Gasteiger partial charge in [0.15, 0.2) is 10.7 Å². The molecule has 0 saturated carbocycles. The van der Waals surface area contributed by atoms with Gasteiger partial charge in [-0.25, -0.2) is 4.98 Å². The van der Waals surface area contributed by atoms with Crippen molar-refractivity contribution in [3.63, 3.8) is 0 Å². The first-order chi connectivity index (χ1) is 15.5. The summed E-state index contributed by atoms with van der Waals surface area (Å²) in [5.74, 6) is -0.0798. The maximum absolute atomic E-state index is 13.3. The van der Waals surface area contributed by atoms with Gasteiger partial charge >= 0.3 is 0 Å². The van der Waals surface area contributed by atoms with Gasteiger partial charge in [0.25, 0.3) is 5.91 Å². The van der Waals surface area contributed by atoms with Crippen molar-refractivity contribution in [1.29, 1.82) is 0 Å². The Morgan fingerprint density at radius 1 is 1.09 bits per heavy atom. The fourth-order valence-electron chi connectivity index (χ4n) is 3.77. The van der Waals surface area contributed by atoms with Crippen LogP contribution in [0.5, 0.6) is 0 Å². The first-order valence-electron chi connectivity index (χ1n) is 10.7. The molecule has 0 fully saturated rings. The van der Waals surface area contributed by atoms with Crippen molar-refractivity contribution in [2.45, 2.75) is 19.1 Å². The van der Waals surface area contributed by atoms with Gasteiger partial charge in [0.05, 0.1) is 11.8 Å². The standard InChI is InChI=1S/C25H28N4O2S/c1-27(18-22(30)20-11-7-4-8-12-20)17-21-23(26-25-29(21)15-16-32-25)24(31)28(2)14-13-19-9-5-3-6-10-19/h3-12,15-16,22,30H,13-14,17-18H2,1-2H3. The molecular weight excluding hydrogens is 420 g/mol. The lowest BCUT2D eigenvalue weighted by Gasteiger charge is -2.22. The van der Waals surface area contributed by atoms with Crippen molar-refractivity contribution < 1.29 is 9.90 Å². The topological polar surface area (TPSA) is 61.1 Å². The highest BCUT2D eigenvalue weighted by atomic mass is 32.1. The average molecular weight is 449 g/mol. The molecule has 32 heavy (non-hydrogen) atoms. The van der Waals surface area contributed by atoms with E-state index in [0.717, 1.165) is 22.6 Å². The number of rotatable bonds is 9. The molecule has 2 aromatic heterocycles. The van der Waals surface area contributed by atoms with Gasteiger partial charge < -0.3 is 10.0 Å². The predicted molar refractivity (Wildman–Crippen MR) is 128 cm³/mol. The van der Waals surface area contributed by atoms with Gasteiger partial charge in [0.1, 0.15) is 0 Å². The second kappa shape index (κ2) is 10.1. The Labute approximate surface area is 192 Å². The molecule has 1 unspecified atom stereocenters. The van der Waals surface area contributed by atoms with Crippen LogP contribution >= 0.6 is 11.3 Å². The molecule has 2 aromatic carbocycles. The molecule has 0 aliphatic carbocycles. The van der Waals surface area contributed by atoms with E-state index in [9.17, 15) is 9.90 Å². The minimum atomic E-state index is -0.597. The average Bonchev–Trinajstić information content (AvgIpc) is 3.41. The highest BCUT2D eigenvalue weighted by Gasteiger charge is 2.24. The van der Waals surface area contributed by atoms with E-state index in [2.05, 4.69) is 17.1 Å². The van der Waals surface area contributed by atoms with Gasteiger partial charge in [-0.15, -0.1) is 11.3 Å². The molecule has 0 spiro atoms. The summed E-state index contributed by atoms with van der Waals surface area (Å²) in [6, 6.07) is 19.8. The van der Waals surface area contributed by atoms with Crippen LogP contribution in [0.15, 0.2) is 72.2 Å². The molecule has 2 heterocycles. The number of imidazole rings is 1. The number of likely N-dealkylation sites (N-methyl/N-ethyl adjacent to an activating group) is 2. The number of hydrogen-bond acceptors (Lipinski definition) is 5.